The first-order chi connectivity index (χ1) is 16.5. The second-order valence-corrected chi connectivity index (χ2v) is 11.9. The molecule has 0 bridgehead atoms. The molecule has 2 unspecified atom stereocenters. The van der Waals surface area contributed by atoms with E-state index >= 15 is 0 Å². The molecule has 2 aromatic carbocycles. The van der Waals surface area contributed by atoms with E-state index in [-0.39, 0.29) is 21.0 Å². The molecule has 2 aromatic rings. The Hall–Kier alpha value is -2.49. The Bertz CT molecular complexity index is 1260. The first-order valence-electron chi connectivity index (χ1n) is 11.4. The Balaban J connectivity index is 2.57. The van der Waals surface area contributed by atoms with Gasteiger partial charge in [0.25, 0.3) is 0 Å². The van der Waals surface area contributed by atoms with E-state index in [9.17, 15) is 22.4 Å². The second kappa shape index (κ2) is 11.3. The number of aryl methyl sites for hydroxylation is 1. The van der Waals surface area contributed by atoms with Gasteiger partial charge in [0.05, 0.1) is 17.9 Å². The Kier molecular flexibility index (Phi) is 9.31. The molecule has 0 aliphatic rings. The summed E-state index contributed by atoms with van der Waals surface area (Å²) in [7, 11) is -3.29. The zero-order valence-electron chi connectivity index (χ0n) is 21.7. The number of ether oxygens (including phenoxy) is 2. The van der Waals surface area contributed by atoms with Gasteiger partial charge in [0, 0.05) is 10.9 Å². The van der Waals surface area contributed by atoms with Crippen molar-refractivity contribution in [2.24, 2.45) is 0 Å². The standard InChI is InChI=1S/C26H33ClFNO6S/c1-14-9-11-20(28)22(15(14)2)17(4)23(25(31)34-8)29-36(32,33)21-12-10-18(27)13-19(21)16(3)24(30)35-26(5,6)7/h9-13,16-17,23,29H,1-8H3/t16?,17?,23-/m0/s1. The lowest BCUT2D eigenvalue weighted by Gasteiger charge is -2.27. The lowest BCUT2D eigenvalue weighted by atomic mass is 9.88. The number of hydrogen-bond donors (Lipinski definition) is 1. The number of hydrogen-bond acceptors (Lipinski definition) is 6. The molecule has 0 spiro atoms. The summed E-state index contributed by atoms with van der Waals surface area (Å²) in [6.45, 7) is 11.6. The topological polar surface area (TPSA) is 98.8 Å². The Morgan fingerprint density at radius 3 is 2.22 bits per heavy atom. The zero-order valence-corrected chi connectivity index (χ0v) is 23.3. The van der Waals surface area contributed by atoms with Gasteiger partial charge in [-0.05, 0) is 88.1 Å². The van der Waals surface area contributed by atoms with E-state index < -0.39 is 51.3 Å². The lowest BCUT2D eigenvalue weighted by Crippen LogP contribution is -2.45. The van der Waals surface area contributed by atoms with Gasteiger partial charge in [-0.3, -0.25) is 9.59 Å². The van der Waals surface area contributed by atoms with E-state index in [1.165, 1.54) is 31.2 Å². The van der Waals surface area contributed by atoms with Crippen molar-refractivity contribution >= 4 is 33.6 Å². The largest absolute Gasteiger partial charge is 0.468 e. The number of rotatable bonds is 8. The van der Waals surface area contributed by atoms with Gasteiger partial charge < -0.3 is 9.47 Å². The fraction of sp³-hybridized carbons (Fsp3) is 0.462. The molecule has 0 saturated heterocycles. The SMILES string of the molecule is COC(=O)[C@@H](NS(=O)(=O)c1ccc(Cl)cc1C(C)C(=O)OC(C)(C)C)C(C)c1c(F)ccc(C)c1C. The number of carbonyl (C=O) groups is 2. The van der Waals surface area contributed by atoms with E-state index in [1.54, 1.807) is 47.6 Å². The van der Waals surface area contributed by atoms with Crippen LogP contribution in [-0.2, 0) is 29.1 Å². The van der Waals surface area contributed by atoms with Crippen LogP contribution >= 0.6 is 11.6 Å². The zero-order chi connectivity index (χ0) is 27.6. The van der Waals surface area contributed by atoms with Crippen LogP contribution in [0.15, 0.2) is 35.2 Å². The van der Waals surface area contributed by atoms with Gasteiger partial charge in [-0.2, -0.15) is 4.72 Å². The van der Waals surface area contributed by atoms with Crippen molar-refractivity contribution in [2.45, 2.75) is 76.8 Å². The third-order valence-corrected chi connectivity index (χ3v) is 7.66. The van der Waals surface area contributed by atoms with Crippen LogP contribution in [0.3, 0.4) is 0 Å². The van der Waals surface area contributed by atoms with Crippen molar-refractivity contribution in [1.82, 2.24) is 4.72 Å². The van der Waals surface area contributed by atoms with Gasteiger partial charge in [-0.15, -0.1) is 0 Å². The molecular formula is C26H33ClFNO6S. The van der Waals surface area contributed by atoms with Gasteiger partial charge in [0.1, 0.15) is 17.5 Å². The monoisotopic (exact) mass is 541 g/mol. The maximum absolute atomic E-state index is 14.8. The summed E-state index contributed by atoms with van der Waals surface area (Å²) in [4.78, 5) is 25.2. The molecule has 36 heavy (non-hydrogen) atoms. The number of halogens is 2. The van der Waals surface area contributed by atoms with E-state index in [2.05, 4.69) is 4.72 Å². The average molecular weight is 542 g/mol. The predicted molar refractivity (Wildman–Crippen MR) is 136 cm³/mol. The van der Waals surface area contributed by atoms with Gasteiger partial charge in [0.2, 0.25) is 10.0 Å². The van der Waals surface area contributed by atoms with Gasteiger partial charge in [-0.25, -0.2) is 12.8 Å². The van der Waals surface area contributed by atoms with Crippen molar-refractivity contribution in [3.05, 3.63) is 63.4 Å². The Morgan fingerprint density at radius 2 is 1.67 bits per heavy atom. The van der Waals surface area contributed by atoms with Gasteiger partial charge >= 0.3 is 11.9 Å². The second-order valence-electron chi connectivity index (χ2n) is 9.75. The highest BCUT2D eigenvalue weighted by atomic mass is 35.5. The number of nitrogens with one attached hydrogen (secondary N) is 1. The third-order valence-electron chi connectivity index (χ3n) is 5.91. The Labute approximate surface area is 217 Å². The summed E-state index contributed by atoms with van der Waals surface area (Å²) in [6.07, 6.45) is 0. The smallest absolute Gasteiger partial charge is 0.324 e. The maximum Gasteiger partial charge on any atom is 0.324 e. The number of carbonyl (C=O) groups excluding carboxylic acids is 2. The molecule has 7 nitrogen and oxygen atoms in total. The molecule has 3 atom stereocenters. The van der Waals surface area contributed by atoms with Crippen LogP contribution in [0.5, 0.6) is 0 Å². The van der Waals surface area contributed by atoms with Crippen LogP contribution in [0, 0.1) is 19.7 Å². The Morgan fingerprint density at radius 1 is 1.06 bits per heavy atom. The van der Waals surface area contributed by atoms with Gasteiger partial charge in [0.15, 0.2) is 0 Å². The summed E-state index contributed by atoms with van der Waals surface area (Å²) >= 11 is 6.12. The number of sulfonamides is 1. The van der Waals surface area contributed by atoms with E-state index in [0.717, 1.165) is 12.7 Å². The number of methoxy groups -OCH3 is 1. The summed E-state index contributed by atoms with van der Waals surface area (Å²) in [5.41, 5.74) is 0.893. The first kappa shape index (κ1) is 29.7. The van der Waals surface area contributed by atoms with Crippen molar-refractivity contribution in [2.75, 3.05) is 7.11 Å². The summed E-state index contributed by atoms with van der Waals surface area (Å²) in [6, 6.07) is 5.41. The molecule has 0 fully saturated rings. The minimum absolute atomic E-state index is 0.0958. The molecular weight excluding hydrogens is 509 g/mol. The molecule has 10 heteroatoms. The molecule has 0 amide bonds. The molecule has 0 radical (unpaired) electrons. The minimum Gasteiger partial charge on any atom is -0.468 e. The highest BCUT2D eigenvalue weighted by Gasteiger charge is 2.36. The molecule has 0 aromatic heterocycles. The maximum atomic E-state index is 14.8. The molecule has 0 aliphatic heterocycles. The normalized spacial score (nSPS) is 14.6. The molecule has 2 rings (SSSR count). The van der Waals surface area contributed by atoms with Crippen LogP contribution in [0.25, 0.3) is 0 Å². The molecule has 0 saturated carbocycles. The fourth-order valence-corrected chi connectivity index (χ4v) is 5.60. The van der Waals surface area contributed by atoms with Crippen LogP contribution in [0.1, 0.15) is 68.7 Å². The molecule has 0 heterocycles. The van der Waals surface area contributed by atoms with E-state index in [0.29, 0.717) is 5.56 Å². The van der Waals surface area contributed by atoms with Crippen molar-refractivity contribution in [3.63, 3.8) is 0 Å². The summed E-state index contributed by atoms with van der Waals surface area (Å²) in [5, 5.41) is 0.217. The van der Waals surface area contributed by atoms with Crippen molar-refractivity contribution in [1.29, 1.82) is 0 Å². The highest BCUT2D eigenvalue weighted by molar-refractivity contribution is 7.89. The molecule has 1 N–H and O–H groups in total. The van der Waals surface area contributed by atoms with E-state index in [1.807, 2.05) is 0 Å². The highest BCUT2D eigenvalue weighted by Crippen LogP contribution is 2.32. The number of esters is 2. The quantitative estimate of drug-likeness (QED) is 0.463. The van der Waals surface area contributed by atoms with Crippen LogP contribution in [0.4, 0.5) is 4.39 Å². The number of benzene rings is 2. The summed E-state index contributed by atoms with van der Waals surface area (Å²) in [5.74, 6) is -3.99. The fourth-order valence-electron chi connectivity index (χ4n) is 3.86. The van der Waals surface area contributed by atoms with Gasteiger partial charge in [-0.1, -0.05) is 24.6 Å². The molecule has 198 valence electrons. The average Bonchev–Trinajstić information content (AvgIpc) is 2.77. The minimum atomic E-state index is -4.41. The van der Waals surface area contributed by atoms with Crippen molar-refractivity contribution < 1.29 is 31.9 Å². The van der Waals surface area contributed by atoms with E-state index in [4.69, 9.17) is 21.1 Å². The molecule has 0 aliphatic carbocycles. The van der Waals surface area contributed by atoms with Crippen LogP contribution in [-0.4, -0.2) is 39.1 Å². The van der Waals surface area contributed by atoms with Crippen molar-refractivity contribution in [3.8, 4) is 0 Å². The van der Waals surface area contributed by atoms with Crippen LogP contribution < -0.4 is 4.72 Å². The predicted octanol–water partition coefficient (Wildman–Crippen LogP) is 5.16. The first-order valence-corrected chi connectivity index (χ1v) is 13.2. The summed E-state index contributed by atoms with van der Waals surface area (Å²) < 4.78 is 54.6. The lowest BCUT2D eigenvalue weighted by molar-refractivity contribution is -0.156. The third kappa shape index (κ3) is 6.83. The van der Waals surface area contributed by atoms with Crippen LogP contribution in [0.2, 0.25) is 5.02 Å².